The van der Waals surface area contributed by atoms with Gasteiger partial charge in [0.15, 0.2) is 0 Å². The van der Waals surface area contributed by atoms with Gasteiger partial charge in [0.05, 0.1) is 11.5 Å². The van der Waals surface area contributed by atoms with E-state index < -0.39 is 17.7 Å². The number of carbonyl (C=O) groups excluding carboxylic acids is 2. The fraction of sp³-hybridized carbons (Fsp3) is 0.600. The van der Waals surface area contributed by atoms with Crippen molar-refractivity contribution < 1.29 is 22.8 Å². The second-order valence-corrected chi connectivity index (χ2v) is 7.83. The van der Waals surface area contributed by atoms with Crippen LogP contribution in [0.2, 0.25) is 0 Å². The highest BCUT2D eigenvalue weighted by atomic mass is 35.5. The molecule has 1 saturated heterocycles. The van der Waals surface area contributed by atoms with Gasteiger partial charge in [-0.25, -0.2) is 0 Å². The number of carbonyl (C=O) groups is 2. The van der Waals surface area contributed by atoms with Crippen LogP contribution in [-0.2, 0) is 22.3 Å². The van der Waals surface area contributed by atoms with Crippen molar-refractivity contribution in [3.63, 3.8) is 0 Å². The van der Waals surface area contributed by atoms with Crippen molar-refractivity contribution in [3.05, 3.63) is 35.4 Å². The van der Waals surface area contributed by atoms with E-state index in [2.05, 4.69) is 0 Å². The molecule has 0 radical (unpaired) electrons. The van der Waals surface area contributed by atoms with Gasteiger partial charge in [0.25, 0.3) is 0 Å². The minimum Gasteiger partial charge on any atom is -0.345 e. The third-order valence-electron chi connectivity index (χ3n) is 5.22. The van der Waals surface area contributed by atoms with E-state index >= 15 is 0 Å². The Morgan fingerprint density at radius 3 is 2.59 bits per heavy atom. The minimum atomic E-state index is -4.43. The number of halogens is 4. The Balaban J connectivity index is 0.00000420. The quantitative estimate of drug-likeness (QED) is 0.714. The summed E-state index contributed by atoms with van der Waals surface area (Å²) in [6.07, 6.45) is -3.67. The Morgan fingerprint density at radius 2 is 2.00 bits per heavy atom. The summed E-state index contributed by atoms with van der Waals surface area (Å²) in [5.41, 5.74) is 5.66. The second kappa shape index (κ2) is 10.3. The van der Waals surface area contributed by atoms with Crippen molar-refractivity contribution in [1.29, 1.82) is 0 Å². The molecular weight excluding hydrogens is 407 g/mol. The van der Waals surface area contributed by atoms with Crippen LogP contribution in [0.5, 0.6) is 0 Å². The zero-order chi connectivity index (χ0) is 21.1. The molecule has 1 aromatic rings. The molecule has 29 heavy (non-hydrogen) atoms. The number of likely N-dealkylation sites (tertiary alicyclic amines) is 1. The number of hydrogen-bond donors (Lipinski definition) is 1. The first-order valence-electron chi connectivity index (χ1n) is 9.43. The van der Waals surface area contributed by atoms with Crippen molar-refractivity contribution in [1.82, 2.24) is 9.80 Å². The van der Waals surface area contributed by atoms with E-state index in [0.29, 0.717) is 24.4 Å². The van der Waals surface area contributed by atoms with E-state index in [9.17, 15) is 22.8 Å². The smallest absolute Gasteiger partial charge is 0.345 e. The van der Waals surface area contributed by atoms with Crippen LogP contribution in [0.25, 0.3) is 0 Å². The lowest BCUT2D eigenvalue weighted by atomic mass is 10.0. The predicted octanol–water partition coefficient (Wildman–Crippen LogP) is 3.31. The first-order chi connectivity index (χ1) is 13.0. The summed E-state index contributed by atoms with van der Waals surface area (Å²) in [6.45, 7) is 4.83. The van der Waals surface area contributed by atoms with Gasteiger partial charge in [-0.2, -0.15) is 13.2 Å². The maximum absolute atomic E-state index is 12.9. The molecule has 0 saturated carbocycles. The molecule has 2 N–H and O–H groups in total. The third kappa shape index (κ3) is 6.89. The van der Waals surface area contributed by atoms with E-state index in [1.807, 2.05) is 13.8 Å². The summed E-state index contributed by atoms with van der Waals surface area (Å²) < 4.78 is 38.6. The van der Waals surface area contributed by atoms with Crippen LogP contribution in [0.3, 0.4) is 0 Å². The zero-order valence-electron chi connectivity index (χ0n) is 16.9. The van der Waals surface area contributed by atoms with Crippen molar-refractivity contribution in [2.24, 2.45) is 17.6 Å². The topological polar surface area (TPSA) is 66.6 Å². The zero-order valence-corrected chi connectivity index (χ0v) is 17.7. The lowest BCUT2D eigenvalue weighted by molar-refractivity contribution is -0.137. The number of rotatable bonds is 7. The average molecular weight is 436 g/mol. The Labute approximate surface area is 175 Å². The predicted molar refractivity (Wildman–Crippen MR) is 107 cm³/mol. The Bertz CT molecular complexity index is 712. The van der Waals surface area contributed by atoms with Crippen LogP contribution in [0.1, 0.15) is 37.8 Å². The van der Waals surface area contributed by atoms with E-state index in [0.717, 1.165) is 12.1 Å². The Hall–Kier alpha value is -1.80. The van der Waals surface area contributed by atoms with Gasteiger partial charge < -0.3 is 15.5 Å². The van der Waals surface area contributed by atoms with Crippen LogP contribution in [0.15, 0.2) is 24.3 Å². The van der Waals surface area contributed by atoms with E-state index in [-0.39, 0.29) is 49.8 Å². The highest BCUT2D eigenvalue weighted by Crippen LogP contribution is 2.30. The van der Waals surface area contributed by atoms with Gasteiger partial charge in [0, 0.05) is 39.1 Å². The van der Waals surface area contributed by atoms with Gasteiger partial charge in [-0.15, -0.1) is 12.4 Å². The molecule has 1 aliphatic heterocycles. The second-order valence-electron chi connectivity index (χ2n) is 7.83. The molecule has 0 spiro atoms. The number of nitrogens with zero attached hydrogens (tertiary/aromatic N) is 2. The molecule has 2 unspecified atom stereocenters. The molecule has 5 nitrogen and oxygen atoms in total. The number of benzene rings is 1. The fourth-order valence-corrected chi connectivity index (χ4v) is 3.25. The summed E-state index contributed by atoms with van der Waals surface area (Å²) in [4.78, 5) is 27.9. The third-order valence-corrected chi connectivity index (χ3v) is 5.22. The molecule has 1 fully saturated rings. The Morgan fingerprint density at radius 1 is 1.34 bits per heavy atom. The molecule has 0 aromatic heterocycles. The van der Waals surface area contributed by atoms with Crippen molar-refractivity contribution in [2.45, 2.75) is 45.5 Å². The van der Waals surface area contributed by atoms with Crippen LogP contribution in [-0.4, -0.2) is 47.8 Å². The molecule has 1 aromatic carbocycles. The highest BCUT2D eigenvalue weighted by Gasteiger charge is 2.36. The number of hydrogen-bond acceptors (Lipinski definition) is 3. The molecule has 2 atom stereocenters. The molecule has 0 bridgehead atoms. The summed E-state index contributed by atoms with van der Waals surface area (Å²) in [6, 6.07) is 4.92. The first-order valence-corrected chi connectivity index (χ1v) is 9.43. The molecule has 2 rings (SSSR count). The molecule has 0 aliphatic carbocycles. The van der Waals surface area contributed by atoms with Gasteiger partial charge >= 0.3 is 6.18 Å². The monoisotopic (exact) mass is 435 g/mol. The van der Waals surface area contributed by atoms with E-state index in [1.54, 1.807) is 18.0 Å². The molecular formula is C20H29ClF3N3O2. The molecule has 9 heteroatoms. The summed E-state index contributed by atoms with van der Waals surface area (Å²) in [5, 5.41) is 0. The van der Waals surface area contributed by atoms with Crippen molar-refractivity contribution in [3.8, 4) is 0 Å². The van der Waals surface area contributed by atoms with Gasteiger partial charge in [0.2, 0.25) is 11.8 Å². The lowest BCUT2D eigenvalue weighted by Crippen LogP contribution is -2.38. The van der Waals surface area contributed by atoms with Crippen LogP contribution in [0, 0.1) is 11.8 Å². The fourth-order valence-electron chi connectivity index (χ4n) is 3.25. The lowest BCUT2D eigenvalue weighted by Gasteiger charge is -2.24. The van der Waals surface area contributed by atoms with Gasteiger partial charge in [-0.3, -0.25) is 9.59 Å². The summed E-state index contributed by atoms with van der Waals surface area (Å²) in [5.74, 6) is -0.503. The Kier molecular flexibility index (Phi) is 8.96. The van der Waals surface area contributed by atoms with Crippen LogP contribution in [0.4, 0.5) is 13.2 Å². The summed E-state index contributed by atoms with van der Waals surface area (Å²) >= 11 is 0. The van der Waals surface area contributed by atoms with Gasteiger partial charge in [-0.1, -0.05) is 26.0 Å². The van der Waals surface area contributed by atoms with Crippen molar-refractivity contribution in [2.75, 3.05) is 20.1 Å². The number of alkyl halides is 3. The number of nitrogens with two attached hydrogens (primary N) is 1. The van der Waals surface area contributed by atoms with Gasteiger partial charge in [0.1, 0.15) is 0 Å². The molecule has 2 amide bonds. The standard InChI is InChI=1S/C20H28F3N3O2.ClH/c1-13(2)17(24)7-8-25(3)19(28)15-10-18(27)26(12-15)11-14-5-4-6-16(9-14)20(21,22)23;/h4-6,9,13,15,17H,7-8,10-12,24H2,1-3H3;1H. The van der Waals surface area contributed by atoms with E-state index in [1.165, 1.54) is 11.0 Å². The average Bonchev–Trinajstić information content (AvgIpc) is 2.98. The van der Waals surface area contributed by atoms with Crippen molar-refractivity contribution >= 4 is 24.2 Å². The molecule has 1 aliphatic rings. The summed E-state index contributed by atoms with van der Waals surface area (Å²) in [7, 11) is 1.69. The van der Waals surface area contributed by atoms with E-state index in [4.69, 9.17) is 5.73 Å². The molecule has 164 valence electrons. The largest absolute Gasteiger partial charge is 0.416 e. The van der Waals surface area contributed by atoms with Gasteiger partial charge in [-0.05, 0) is 30.0 Å². The highest BCUT2D eigenvalue weighted by molar-refractivity contribution is 5.89. The first kappa shape index (κ1) is 25.2. The minimum absolute atomic E-state index is 0. The maximum atomic E-state index is 12.9. The SMILES string of the molecule is CC(C)C(N)CCN(C)C(=O)C1CC(=O)N(Cc2cccc(C(F)(F)F)c2)C1.Cl. The van der Waals surface area contributed by atoms with Crippen LogP contribution >= 0.6 is 12.4 Å². The number of amides is 2. The van der Waals surface area contributed by atoms with Crippen LogP contribution < -0.4 is 5.73 Å². The maximum Gasteiger partial charge on any atom is 0.416 e. The molecule has 1 heterocycles. The normalized spacial score (nSPS) is 18.0.